The summed E-state index contributed by atoms with van der Waals surface area (Å²) >= 11 is 0. The maximum atomic E-state index is 12.0. The van der Waals surface area contributed by atoms with Crippen molar-refractivity contribution in [1.82, 2.24) is 10.2 Å². The summed E-state index contributed by atoms with van der Waals surface area (Å²) in [6.45, 7) is 6.11. The van der Waals surface area contributed by atoms with Crippen LogP contribution in [0.25, 0.3) is 0 Å². The van der Waals surface area contributed by atoms with Crippen molar-refractivity contribution < 1.29 is 19.4 Å². The van der Waals surface area contributed by atoms with Gasteiger partial charge in [-0.05, 0) is 32.6 Å². The van der Waals surface area contributed by atoms with Crippen LogP contribution < -0.4 is 5.32 Å². The number of hydrogen-bond donors (Lipinski definition) is 2. The van der Waals surface area contributed by atoms with E-state index in [9.17, 15) is 14.7 Å². The Morgan fingerprint density at radius 1 is 1.35 bits per heavy atom. The Morgan fingerprint density at radius 2 is 2.05 bits per heavy atom. The summed E-state index contributed by atoms with van der Waals surface area (Å²) in [5, 5.41) is 12.0. The van der Waals surface area contributed by atoms with Gasteiger partial charge in [-0.3, -0.25) is 0 Å². The van der Waals surface area contributed by atoms with E-state index in [-0.39, 0.29) is 6.03 Å². The number of carboxylic acids is 1. The minimum absolute atomic E-state index is 0.291. The first-order valence-electron chi connectivity index (χ1n) is 7.39. The highest BCUT2D eigenvalue weighted by Crippen LogP contribution is 2.29. The molecule has 0 bridgehead atoms. The third kappa shape index (κ3) is 4.37. The van der Waals surface area contributed by atoms with E-state index in [0.717, 1.165) is 32.3 Å². The monoisotopic (exact) mass is 286 g/mol. The van der Waals surface area contributed by atoms with Gasteiger partial charge in [0.1, 0.15) is 5.54 Å². The van der Waals surface area contributed by atoms with Gasteiger partial charge in [0.2, 0.25) is 0 Å². The van der Waals surface area contributed by atoms with E-state index in [1.807, 2.05) is 0 Å². The molecule has 0 saturated carbocycles. The summed E-state index contributed by atoms with van der Waals surface area (Å²) in [6.07, 6.45) is 4.15. The van der Waals surface area contributed by atoms with Gasteiger partial charge in [0.05, 0.1) is 0 Å². The smallest absolute Gasteiger partial charge is 0.329 e. The van der Waals surface area contributed by atoms with Gasteiger partial charge < -0.3 is 20.1 Å². The number of ether oxygens (including phenoxy) is 1. The number of carboxylic acid groups (broad SMARTS) is 1. The number of urea groups is 1. The van der Waals surface area contributed by atoms with Crippen molar-refractivity contribution in [3.8, 4) is 0 Å². The molecule has 6 nitrogen and oxygen atoms in total. The zero-order chi connectivity index (χ0) is 15.0. The second kappa shape index (κ2) is 8.09. The maximum absolute atomic E-state index is 12.0. The molecule has 1 rings (SSSR count). The predicted molar refractivity (Wildman–Crippen MR) is 75.7 cm³/mol. The fraction of sp³-hybridized carbons (Fsp3) is 0.857. The Morgan fingerprint density at radius 3 is 2.70 bits per heavy atom. The highest BCUT2D eigenvalue weighted by atomic mass is 16.5. The normalized spacial score (nSPS) is 22.0. The minimum atomic E-state index is -1.07. The average Bonchev–Trinajstić information content (AvgIpc) is 2.81. The molecule has 1 unspecified atom stereocenters. The molecule has 1 aliphatic heterocycles. The Balaban J connectivity index is 2.24. The van der Waals surface area contributed by atoms with Gasteiger partial charge in [0.25, 0.3) is 0 Å². The third-order valence-electron chi connectivity index (χ3n) is 3.73. The van der Waals surface area contributed by atoms with E-state index in [1.165, 1.54) is 4.90 Å². The van der Waals surface area contributed by atoms with Crippen LogP contribution in [-0.2, 0) is 9.53 Å². The highest BCUT2D eigenvalue weighted by Gasteiger charge is 2.45. The number of rotatable bonds is 8. The minimum Gasteiger partial charge on any atom is -0.480 e. The lowest BCUT2D eigenvalue weighted by molar-refractivity contribution is -0.147. The summed E-state index contributed by atoms with van der Waals surface area (Å²) in [5.74, 6) is -0.937. The van der Waals surface area contributed by atoms with E-state index < -0.39 is 11.5 Å². The van der Waals surface area contributed by atoms with E-state index in [2.05, 4.69) is 12.2 Å². The Kier molecular flexibility index (Phi) is 6.78. The number of nitrogens with one attached hydrogen (secondary N) is 1. The molecule has 1 aliphatic rings. The van der Waals surface area contributed by atoms with Crippen molar-refractivity contribution in [3.63, 3.8) is 0 Å². The van der Waals surface area contributed by atoms with Crippen molar-refractivity contribution in [2.45, 2.75) is 51.5 Å². The van der Waals surface area contributed by atoms with Crippen LogP contribution in [0.2, 0.25) is 0 Å². The molecule has 0 aromatic rings. The maximum Gasteiger partial charge on any atom is 0.329 e. The van der Waals surface area contributed by atoms with Crippen LogP contribution in [0.1, 0.15) is 46.0 Å². The van der Waals surface area contributed by atoms with Crippen molar-refractivity contribution in [2.24, 2.45) is 0 Å². The number of amides is 2. The number of hydrogen-bond acceptors (Lipinski definition) is 3. The molecule has 20 heavy (non-hydrogen) atoms. The lowest BCUT2D eigenvalue weighted by Crippen LogP contribution is -2.54. The second-order valence-corrected chi connectivity index (χ2v) is 5.39. The zero-order valence-corrected chi connectivity index (χ0v) is 12.5. The molecule has 0 radical (unpaired) electrons. The van der Waals surface area contributed by atoms with Crippen LogP contribution in [-0.4, -0.2) is 53.8 Å². The van der Waals surface area contributed by atoms with Gasteiger partial charge in [0, 0.05) is 26.3 Å². The number of likely N-dealkylation sites (tertiary alicyclic amines) is 1. The number of aliphatic carboxylic acids is 1. The molecule has 116 valence electrons. The molecule has 1 atom stereocenters. The SMILES string of the molecule is CCCCOCCCNC(=O)N1CCCC1(C)C(=O)O. The van der Waals surface area contributed by atoms with Crippen molar-refractivity contribution in [3.05, 3.63) is 0 Å². The Bertz CT molecular complexity index is 335. The Labute approximate surface area is 120 Å². The standard InChI is InChI=1S/C14H26N2O4/c1-3-4-10-20-11-6-8-15-13(19)16-9-5-7-14(16,2)12(17)18/h3-11H2,1-2H3,(H,15,19)(H,17,18). The van der Waals surface area contributed by atoms with Crippen LogP contribution in [0, 0.1) is 0 Å². The number of unbranched alkanes of at least 4 members (excludes halogenated alkanes) is 1. The number of carbonyl (C=O) groups excluding carboxylic acids is 1. The molecule has 1 fully saturated rings. The Hall–Kier alpha value is -1.30. The highest BCUT2D eigenvalue weighted by molar-refractivity contribution is 5.86. The summed E-state index contributed by atoms with van der Waals surface area (Å²) in [7, 11) is 0. The molecule has 0 aromatic heterocycles. The largest absolute Gasteiger partial charge is 0.480 e. The van der Waals surface area contributed by atoms with Gasteiger partial charge in [-0.15, -0.1) is 0 Å². The molecule has 0 spiro atoms. The number of nitrogens with zero attached hydrogens (tertiary/aromatic N) is 1. The van der Waals surface area contributed by atoms with Crippen molar-refractivity contribution in [1.29, 1.82) is 0 Å². The molecule has 6 heteroatoms. The topological polar surface area (TPSA) is 78.9 Å². The lowest BCUT2D eigenvalue weighted by atomic mass is 10.00. The van der Waals surface area contributed by atoms with E-state index in [0.29, 0.717) is 26.1 Å². The molecule has 1 saturated heterocycles. The van der Waals surface area contributed by atoms with Crippen molar-refractivity contribution >= 4 is 12.0 Å². The summed E-state index contributed by atoms with van der Waals surface area (Å²) in [4.78, 5) is 24.7. The predicted octanol–water partition coefficient (Wildman–Crippen LogP) is 1.84. The molecule has 2 N–H and O–H groups in total. The van der Waals surface area contributed by atoms with Crippen molar-refractivity contribution in [2.75, 3.05) is 26.3 Å². The first kappa shape index (κ1) is 16.8. The van der Waals surface area contributed by atoms with Crippen LogP contribution >= 0.6 is 0 Å². The van der Waals surface area contributed by atoms with Crippen LogP contribution in [0.4, 0.5) is 4.79 Å². The summed E-state index contributed by atoms with van der Waals surface area (Å²) in [5.41, 5.74) is -1.07. The third-order valence-corrected chi connectivity index (χ3v) is 3.73. The van der Waals surface area contributed by atoms with Gasteiger partial charge in [-0.1, -0.05) is 13.3 Å². The number of carbonyl (C=O) groups is 2. The quantitative estimate of drug-likeness (QED) is 0.667. The van der Waals surface area contributed by atoms with Gasteiger partial charge >= 0.3 is 12.0 Å². The zero-order valence-electron chi connectivity index (χ0n) is 12.5. The summed E-state index contributed by atoms with van der Waals surface area (Å²) < 4.78 is 5.40. The fourth-order valence-corrected chi connectivity index (χ4v) is 2.32. The molecule has 2 amide bonds. The van der Waals surface area contributed by atoms with Gasteiger partial charge in [-0.25, -0.2) is 9.59 Å². The van der Waals surface area contributed by atoms with Gasteiger partial charge in [-0.2, -0.15) is 0 Å². The summed E-state index contributed by atoms with van der Waals surface area (Å²) in [6, 6.07) is -0.291. The van der Waals surface area contributed by atoms with E-state index >= 15 is 0 Å². The molecule has 0 aromatic carbocycles. The van der Waals surface area contributed by atoms with Crippen LogP contribution in [0.5, 0.6) is 0 Å². The molecule has 0 aliphatic carbocycles. The first-order chi connectivity index (χ1) is 9.52. The fourth-order valence-electron chi connectivity index (χ4n) is 2.32. The van der Waals surface area contributed by atoms with Crippen LogP contribution in [0.3, 0.4) is 0 Å². The molecule has 1 heterocycles. The second-order valence-electron chi connectivity index (χ2n) is 5.39. The van der Waals surface area contributed by atoms with Crippen LogP contribution in [0.15, 0.2) is 0 Å². The molecular formula is C14H26N2O4. The molecular weight excluding hydrogens is 260 g/mol. The first-order valence-corrected chi connectivity index (χ1v) is 7.39. The van der Waals surface area contributed by atoms with E-state index in [1.54, 1.807) is 6.92 Å². The average molecular weight is 286 g/mol. The van der Waals surface area contributed by atoms with E-state index in [4.69, 9.17) is 4.74 Å². The lowest BCUT2D eigenvalue weighted by Gasteiger charge is -2.31. The van der Waals surface area contributed by atoms with Gasteiger partial charge in [0.15, 0.2) is 0 Å².